The van der Waals surface area contributed by atoms with E-state index >= 15 is 0 Å². The summed E-state index contributed by atoms with van der Waals surface area (Å²) in [5.41, 5.74) is 0. The number of rotatable bonds is 10. The predicted molar refractivity (Wildman–Crippen MR) is 108 cm³/mol. The number of aryl methyl sites for hydroxylation is 1. The Bertz CT molecular complexity index is 696. The molecule has 1 fully saturated rings. The average molecular weight is 389 g/mol. The molecule has 0 unspecified atom stereocenters. The number of hydrogen-bond acceptors (Lipinski definition) is 7. The minimum absolute atomic E-state index is 0.167. The molecule has 2 aromatic rings. The fourth-order valence-electron chi connectivity index (χ4n) is 3.37. The van der Waals surface area contributed by atoms with Gasteiger partial charge in [-0.3, -0.25) is 9.80 Å². The number of piperazine rings is 1. The normalized spacial score (nSPS) is 16.8. The van der Waals surface area contributed by atoms with Crippen molar-refractivity contribution in [1.82, 2.24) is 19.9 Å². The smallest absolute Gasteiger partial charge is 0.243 e. The van der Waals surface area contributed by atoms with E-state index < -0.39 is 0 Å². The van der Waals surface area contributed by atoms with Gasteiger partial charge >= 0.3 is 0 Å². The predicted octanol–water partition coefficient (Wildman–Crippen LogP) is 3.18. The summed E-state index contributed by atoms with van der Waals surface area (Å²) in [4.78, 5) is 9.43. The second-order valence-electron chi connectivity index (χ2n) is 7.23. The van der Waals surface area contributed by atoms with Crippen LogP contribution in [-0.4, -0.2) is 66.4 Å². The largest absolute Gasteiger partial charge is 0.497 e. The first kappa shape index (κ1) is 20.6. The van der Waals surface area contributed by atoms with Crippen LogP contribution < -0.4 is 9.47 Å². The Hall–Kier alpha value is -2.12. The van der Waals surface area contributed by atoms with Gasteiger partial charge in [0.05, 0.1) is 13.2 Å². The van der Waals surface area contributed by atoms with E-state index in [1.807, 2.05) is 24.3 Å². The topological polar surface area (TPSA) is 63.9 Å². The zero-order chi connectivity index (χ0) is 19.8. The SMILES string of the molecule is CCCCc1noc([C@@H](C)N2CCN(CCOc3ccc(OC)cc3)CC2)n1. The molecule has 1 aliphatic heterocycles. The lowest BCUT2D eigenvalue weighted by Gasteiger charge is -2.36. The van der Waals surface area contributed by atoms with Crippen LogP contribution >= 0.6 is 0 Å². The van der Waals surface area contributed by atoms with Gasteiger partial charge in [-0.1, -0.05) is 18.5 Å². The molecule has 1 aromatic heterocycles. The van der Waals surface area contributed by atoms with Gasteiger partial charge < -0.3 is 14.0 Å². The van der Waals surface area contributed by atoms with Gasteiger partial charge in [0, 0.05) is 39.1 Å². The Labute approximate surface area is 167 Å². The van der Waals surface area contributed by atoms with Crippen LogP contribution in [0.1, 0.15) is 44.4 Å². The highest BCUT2D eigenvalue weighted by molar-refractivity contribution is 5.31. The lowest BCUT2D eigenvalue weighted by Crippen LogP contribution is -2.48. The van der Waals surface area contributed by atoms with Crippen LogP contribution in [-0.2, 0) is 6.42 Å². The van der Waals surface area contributed by atoms with Crippen molar-refractivity contribution >= 4 is 0 Å². The van der Waals surface area contributed by atoms with E-state index in [1.165, 1.54) is 0 Å². The van der Waals surface area contributed by atoms with Gasteiger partial charge in [-0.05, 0) is 37.6 Å². The summed E-state index contributed by atoms with van der Waals surface area (Å²) in [6.07, 6.45) is 3.14. The minimum Gasteiger partial charge on any atom is -0.497 e. The zero-order valence-corrected chi connectivity index (χ0v) is 17.3. The van der Waals surface area contributed by atoms with Crippen molar-refractivity contribution in [3.05, 3.63) is 36.0 Å². The maximum absolute atomic E-state index is 5.84. The van der Waals surface area contributed by atoms with Crippen molar-refractivity contribution in [2.45, 2.75) is 39.2 Å². The molecule has 0 saturated carbocycles. The van der Waals surface area contributed by atoms with Crippen LogP contribution in [0.3, 0.4) is 0 Å². The lowest BCUT2D eigenvalue weighted by atomic mass is 10.2. The van der Waals surface area contributed by atoms with Crippen molar-refractivity contribution < 1.29 is 14.0 Å². The van der Waals surface area contributed by atoms with Gasteiger partial charge in [0.1, 0.15) is 18.1 Å². The first-order valence-corrected chi connectivity index (χ1v) is 10.3. The highest BCUT2D eigenvalue weighted by Gasteiger charge is 2.25. The summed E-state index contributed by atoms with van der Waals surface area (Å²) < 4.78 is 16.5. The van der Waals surface area contributed by atoms with Gasteiger partial charge in [-0.2, -0.15) is 4.98 Å². The Morgan fingerprint density at radius 3 is 2.50 bits per heavy atom. The summed E-state index contributed by atoms with van der Waals surface area (Å²) in [7, 11) is 1.67. The minimum atomic E-state index is 0.167. The maximum Gasteiger partial charge on any atom is 0.243 e. The first-order chi connectivity index (χ1) is 13.7. The van der Waals surface area contributed by atoms with E-state index in [0.717, 1.165) is 75.2 Å². The summed E-state index contributed by atoms with van der Waals surface area (Å²) in [5.74, 6) is 3.29. The summed E-state index contributed by atoms with van der Waals surface area (Å²) >= 11 is 0. The molecule has 0 N–H and O–H groups in total. The summed E-state index contributed by atoms with van der Waals surface area (Å²) in [6, 6.07) is 7.89. The van der Waals surface area contributed by atoms with Crippen LogP contribution in [0.15, 0.2) is 28.8 Å². The van der Waals surface area contributed by atoms with Crippen LogP contribution in [0.4, 0.5) is 0 Å². The Morgan fingerprint density at radius 1 is 1.11 bits per heavy atom. The number of nitrogens with zero attached hydrogens (tertiary/aromatic N) is 4. The Balaban J connectivity index is 1.38. The number of methoxy groups -OCH3 is 1. The number of ether oxygens (including phenoxy) is 2. The summed E-state index contributed by atoms with van der Waals surface area (Å²) in [6.45, 7) is 9.97. The van der Waals surface area contributed by atoms with Crippen molar-refractivity contribution in [3.8, 4) is 11.5 Å². The molecule has 3 rings (SSSR count). The number of benzene rings is 1. The van der Waals surface area contributed by atoms with Crippen molar-refractivity contribution in [2.24, 2.45) is 0 Å². The van der Waals surface area contributed by atoms with Crippen LogP contribution in [0, 0.1) is 0 Å². The second kappa shape index (κ2) is 10.4. The highest BCUT2D eigenvalue weighted by atomic mass is 16.5. The number of hydrogen-bond donors (Lipinski definition) is 0. The molecule has 0 bridgehead atoms. The van der Waals surface area contributed by atoms with Crippen LogP contribution in [0.25, 0.3) is 0 Å². The van der Waals surface area contributed by atoms with E-state index in [4.69, 9.17) is 14.0 Å². The van der Waals surface area contributed by atoms with Crippen molar-refractivity contribution in [3.63, 3.8) is 0 Å². The molecule has 0 spiro atoms. The molecule has 0 radical (unpaired) electrons. The standard InChI is InChI=1S/C21H32N4O3/c1-4-5-6-20-22-21(28-23-20)17(2)25-13-11-24(12-14-25)15-16-27-19-9-7-18(26-3)8-10-19/h7-10,17H,4-6,11-16H2,1-3H3/t17-/m1/s1. The van der Waals surface area contributed by atoms with Gasteiger partial charge in [0.15, 0.2) is 5.82 Å². The molecule has 0 aliphatic carbocycles. The lowest BCUT2D eigenvalue weighted by molar-refractivity contribution is 0.0800. The molecule has 7 heteroatoms. The third-order valence-corrected chi connectivity index (χ3v) is 5.29. The average Bonchev–Trinajstić information content (AvgIpc) is 3.22. The molecule has 1 aromatic carbocycles. The molecule has 7 nitrogen and oxygen atoms in total. The third kappa shape index (κ3) is 5.69. The first-order valence-electron chi connectivity index (χ1n) is 10.3. The van der Waals surface area contributed by atoms with Gasteiger partial charge in [-0.25, -0.2) is 0 Å². The van der Waals surface area contributed by atoms with Gasteiger partial charge in [-0.15, -0.1) is 0 Å². The third-order valence-electron chi connectivity index (χ3n) is 5.29. The quantitative estimate of drug-likeness (QED) is 0.619. The van der Waals surface area contributed by atoms with Crippen LogP contribution in [0.2, 0.25) is 0 Å². The van der Waals surface area contributed by atoms with E-state index in [-0.39, 0.29) is 6.04 Å². The van der Waals surface area contributed by atoms with E-state index in [2.05, 4.69) is 33.8 Å². The van der Waals surface area contributed by atoms with E-state index in [9.17, 15) is 0 Å². The van der Waals surface area contributed by atoms with Gasteiger partial charge in [0.2, 0.25) is 5.89 Å². The Morgan fingerprint density at radius 2 is 1.82 bits per heavy atom. The molecule has 154 valence electrons. The molecule has 1 atom stereocenters. The fraction of sp³-hybridized carbons (Fsp3) is 0.619. The Kier molecular flexibility index (Phi) is 7.68. The van der Waals surface area contributed by atoms with E-state index in [0.29, 0.717) is 6.61 Å². The van der Waals surface area contributed by atoms with Gasteiger partial charge in [0.25, 0.3) is 0 Å². The fourth-order valence-corrected chi connectivity index (χ4v) is 3.37. The summed E-state index contributed by atoms with van der Waals surface area (Å²) in [5, 5.41) is 4.12. The molecule has 2 heterocycles. The maximum atomic E-state index is 5.84. The number of aromatic nitrogens is 2. The molecule has 1 aliphatic rings. The highest BCUT2D eigenvalue weighted by Crippen LogP contribution is 2.21. The number of unbranched alkanes of at least 4 members (excludes halogenated alkanes) is 1. The van der Waals surface area contributed by atoms with Crippen LogP contribution in [0.5, 0.6) is 11.5 Å². The molecule has 1 saturated heterocycles. The molecule has 0 amide bonds. The zero-order valence-electron chi connectivity index (χ0n) is 17.3. The van der Waals surface area contributed by atoms with Crippen molar-refractivity contribution in [2.75, 3.05) is 46.4 Å². The molecular formula is C21H32N4O3. The van der Waals surface area contributed by atoms with Crippen molar-refractivity contribution in [1.29, 1.82) is 0 Å². The second-order valence-corrected chi connectivity index (χ2v) is 7.23. The molecule has 28 heavy (non-hydrogen) atoms. The molecular weight excluding hydrogens is 356 g/mol. The van der Waals surface area contributed by atoms with E-state index in [1.54, 1.807) is 7.11 Å². The monoisotopic (exact) mass is 388 g/mol.